The molecule has 0 saturated carbocycles. The maximum absolute atomic E-state index is 13.3. The molecule has 208 valence electrons. The third-order valence-corrected chi connectivity index (χ3v) is 7.37. The van der Waals surface area contributed by atoms with Gasteiger partial charge in [0.1, 0.15) is 5.70 Å². The number of amides is 3. The highest BCUT2D eigenvalue weighted by molar-refractivity contribution is 8.00. The fourth-order valence-electron chi connectivity index (χ4n) is 3.98. The van der Waals surface area contributed by atoms with Crippen LogP contribution in [-0.4, -0.2) is 23.5 Å². The Morgan fingerprint density at radius 3 is 2.02 bits per heavy atom. The van der Waals surface area contributed by atoms with Gasteiger partial charge >= 0.3 is 0 Å². The molecule has 4 aromatic carbocycles. The van der Waals surface area contributed by atoms with E-state index in [1.807, 2.05) is 73.7 Å². The number of aryl methyl sites for hydroxylation is 1. The minimum Gasteiger partial charge on any atom is -0.325 e. The lowest BCUT2D eigenvalue weighted by molar-refractivity contribution is -0.114. The molecule has 0 aromatic heterocycles. The first-order valence-corrected chi connectivity index (χ1v) is 14.3. The van der Waals surface area contributed by atoms with Gasteiger partial charge in [0.15, 0.2) is 0 Å². The van der Waals surface area contributed by atoms with Gasteiger partial charge in [0.2, 0.25) is 5.91 Å². The molecule has 0 saturated heterocycles. The molecule has 0 atom stereocenters. The van der Waals surface area contributed by atoms with E-state index >= 15 is 0 Å². The van der Waals surface area contributed by atoms with Crippen LogP contribution in [0.4, 0.5) is 11.4 Å². The number of hydrogen-bond donors (Lipinski definition) is 3. The summed E-state index contributed by atoms with van der Waals surface area (Å²) >= 11 is 1.41. The zero-order valence-corrected chi connectivity index (χ0v) is 24.1. The van der Waals surface area contributed by atoms with E-state index in [9.17, 15) is 14.4 Å². The lowest BCUT2D eigenvalue weighted by atomic mass is 10.0. The molecular formula is C34H33N3O3S. The topological polar surface area (TPSA) is 87.3 Å². The molecule has 0 bridgehead atoms. The molecule has 6 nitrogen and oxygen atoms in total. The summed E-state index contributed by atoms with van der Waals surface area (Å²) in [7, 11) is 0. The second kappa shape index (κ2) is 14.1. The molecule has 3 N–H and O–H groups in total. The number of anilines is 2. The van der Waals surface area contributed by atoms with Gasteiger partial charge in [-0.05, 0) is 84.1 Å². The molecule has 4 aromatic rings. The second-order valence-electron chi connectivity index (χ2n) is 9.83. The molecule has 0 radical (unpaired) electrons. The maximum atomic E-state index is 13.3. The number of thioether (sulfide) groups is 1. The summed E-state index contributed by atoms with van der Waals surface area (Å²) in [5, 5.41) is 8.55. The fraction of sp³-hybridized carbons (Fsp3) is 0.147. The summed E-state index contributed by atoms with van der Waals surface area (Å²) in [6, 6.07) is 31.5. The van der Waals surface area contributed by atoms with Gasteiger partial charge in [0, 0.05) is 21.8 Å². The van der Waals surface area contributed by atoms with Crippen molar-refractivity contribution in [2.24, 2.45) is 0 Å². The maximum Gasteiger partial charge on any atom is 0.272 e. The molecule has 0 aliphatic carbocycles. The van der Waals surface area contributed by atoms with Gasteiger partial charge in [-0.15, -0.1) is 11.8 Å². The average molecular weight is 564 g/mol. The number of rotatable bonds is 10. The Balaban J connectivity index is 1.38. The van der Waals surface area contributed by atoms with Crippen LogP contribution in [0.15, 0.2) is 114 Å². The van der Waals surface area contributed by atoms with Gasteiger partial charge < -0.3 is 16.0 Å². The predicted molar refractivity (Wildman–Crippen MR) is 168 cm³/mol. The Morgan fingerprint density at radius 2 is 1.37 bits per heavy atom. The minimum atomic E-state index is -0.444. The number of hydrogen-bond acceptors (Lipinski definition) is 4. The summed E-state index contributed by atoms with van der Waals surface area (Å²) in [5.74, 6) is -0.217. The van der Waals surface area contributed by atoms with Crippen molar-refractivity contribution in [3.05, 3.63) is 131 Å². The zero-order valence-electron chi connectivity index (χ0n) is 23.3. The van der Waals surface area contributed by atoms with E-state index in [1.54, 1.807) is 42.5 Å². The van der Waals surface area contributed by atoms with Crippen LogP contribution in [-0.2, 0) is 9.59 Å². The van der Waals surface area contributed by atoms with Crippen molar-refractivity contribution in [3.63, 3.8) is 0 Å². The molecule has 0 unspecified atom stereocenters. The standard InChI is InChI=1S/C34H33N3O3S/c1-23(2)25-13-15-28(16-14-25)35-32(38)22-41-30-19-17-29(18-20-30)36-34(40)31(21-27-12-8-7-9-24(27)3)37-33(39)26-10-5-4-6-11-26/h4-21,23H,22H2,1-3H3,(H,35,38)(H,36,40)(H,37,39)/b31-21-. The number of carbonyl (C=O) groups excluding carboxylic acids is 3. The highest BCUT2D eigenvalue weighted by Gasteiger charge is 2.16. The van der Waals surface area contributed by atoms with Gasteiger partial charge in [-0.1, -0.05) is 68.4 Å². The van der Waals surface area contributed by atoms with E-state index in [0.29, 0.717) is 17.2 Å². The number of carbonyl (C=O) groups is 3. The summed E-state index contributed by atoms with van der Waals surface area (Å²) < 4.78 is 0. The molecule has 41 heavy (non-hydrogen) atoms. The molecule has 0 aliphatic rings. The van der Waals surface area contributed by atoms with Crippen LogP contribution in [0, 0.1) is 6.92 Å². The van der Waals surface area contributed by atoms with E-state index in [4.69, 9.17) is 0 Å². The summed E-state index contributed by atoms with van der Waals surface area (Å²) in [5.41, 5.74) is 4.95. The van der Waals surface area contributed by atoms with Crippen LogP contribution in [0.2, 0.25) is 0 Å². The number of benzene rings is 4. The van der Waals surface area contributed by atoms with E-state index in [-0.39, 0.29) is 23.3 Å². The van der Waals surface area contributed by atoms with Crippen molar-refractivity contribution in [1.82, 2.24) is 5.32 Å². The smallest absolute Gasteiger partial charge is 0.272 e. The van der Waals surface area contributed by atoms with E-state index in [0.717, 1.165) is 21.7 Å². The predicted octanol–water partition coefficient (Wildman–Crippen LogP) is 7.26. The summed E-state index contributed by atoms with van der Waals surface area (Å²) in [6.45, 7) is 6.21. The van der Waals surface area contributed by atoms with Crippen molar-refractivity contribution in [2.45, 2.75) is 31.6 Å². The van der Waals surface area contributed by atoms with E-state index < -0.39 is 5.91 Å². The molecule has 0 heterocycles. The van der Waals surface area contributed by atoms with Crippen LogP contribution in [0.3, 0.4) is 0 Å². The molecule has 7 heteroatoms. The Morgan fingerprint density at radius 1 is 0.756 bits per heavy atom. The molecular weight excluding hydrogens is 530 g/mol. The normalized spacial score (nSPS) is 11.2. The SMILES string of the molecule is Cc1ccccc1/C=C(\NC(=O)c1ccccc1)C(=O)Nc1ccc(SCC(=O)Nc2ccc(C(C)C)cc2)cc1. The Labute approximate surface area is 245 Å². The van der Waals surface area contributed by atoms with Crippen LogP contribution in [0.1, 0.15) is 46.8 Å². The van der Waals surface area contributed by atoms with Crippen LogP contribution in [0.25, 0.3) is 6.08 Å². The van der Waals surface area contributed by atoms with Gasteiger partial charge in [-0.3, -0.25) is 14.4 Å². The third-order valence-electron chi connectivity index (χ3n) is 6.36. The average Bonchev–Trinajstić information content (AvgIpc) is 2.98. The summed E-state index contributed by atoms with van der Waals surface area (Å²) in [6.07, 6.45) is 1.67. The molecule has 3 amide bonds. The monoisotopic (exact) mass is 563 g/mol. The highest BCUT2D eigenvalue weighted by Crippen LogP contribution is 2.22. The van der Waals surface area contributed by atoms with Crippen LogP contribution < -0.4 is 16.0 Å². The van der Waals surface area contributed by atoms with Gasteiger partial charge in [0.25, 0.3) is 11.8 Å². The van der Waals surface area contributed by atoms with Crippen molar-refractivity contribution in [3.8, 4) is 0 Å². The second-order valence-corrected chi connectivity index (χ2v) is 10.9. The highest BCUT2D eigenvalue weighted by atomic mass is 32.2. The first-order valence-electron chi connectivity index (χ1n) is 13.4. The Hall–Kier alpha value is -4.62. The fourth-order valence-corrected chi connectivity index (χ4v) is 4.68. The lowest BCUT2D eigenvalue weighted by Gasteiger charge is -2.12. The Kier molecular flexibility index (Phi) is 10.1. The molecule has 0 spiro atoms. The Bertz CT molecular complexity index is 1530. The van der Waals surface area contributed by atoms with Crippen molar-refractivity contribution in [2.75, 3.05) is 16.4 Å². The first kappa shape index (κ1) is 29.4. The van der Waals surface area contributed by atoms with Crippen LogP contribution >= 0.6 is 11.8 Å². The third kappa shape index (κ3) is 8.68. The van der Waals surface area contributed by atoms with E-state index in [2.05, 4.69) is 29.8 Å². The van der Waals surface area contributed by atoms with Gasteiger partial charge in [0.05, 0.1) is 5.75 Å². The van der Waals surface area contributed by atoms with Crippen molar-refractivity contribution >= 4 is 46.9 Å². The van der Waals surface area contributed by atoms with Gasteiger partial charge in [-0.2, -0.15) is 0 Å². The van der Waals surface area contributed by atoms with Gasteiger partial charge in [-0.25, -0.2) is 0 Å². The zero-order chi connectivity index (χ0) is 29.2. The minimum absolute atomic E-state index is 0.0928. The molecule has 0 fully saturated rings. The number of nitrogens with one attached hydrogen (secondary N) is 3. The quantitative estimate of drug-likeness (QED) is 0.140. The van der Waals surface area contributed by atoms with Crippen LogP contribution in [0.5, 0.6) is 0 Å². The first-order chi connectivity index (χ1) is 19.8. The lowest BCUT2D eigenvalue weighted by Crippen LogP contribution is -2.30. The largest absolute Gasteiger partial charge is 0.325 e. The molecule has 0 aliphatic heterocycles. The summed E-state index contributed by atoms with van der Waals surface area (Å²) in [4.78, 5) is 39.4. The van der Waals surface area contributed by atoms with E-state index in [1.165, 1.54) is 17.3 Å². The van der Waals surface area contributed by atoms with Crippen molar-refractivity contribution < 1.29 is 14.4 Å². The van der Waals surface area contributed by atoms with Crippen molar-refractivity contribution in [1.29, 1.82) is 0 Å². The molecule has 4 rings (SSSR count).